The van der Waals surface area contributed by atoms with Crippen LogP contribution in [0.3, 0.4) is 0 Å². The van der Waals surface area contributed by atoms with Crippen molar-refractivity contribution in [1.29, 1.82) is 0 Å². The standard InChI is InChI=1S/C25H24ClN3O2/c1-16-10-22(25(30)27-14-17-6-5-7-17)28-29(16)15-20-12-21(26)11-19-13-23(31-24(19)20)18-8-3-2-4-9-18/h2-4,8-13,17H,5-7,14-15H2,1H3,(H,27,30). The predicted molar refractivity (Wildman–Crippen MR) is 122 cm³/mol. The van der Waals surface area contributed by atoms with Crippen molar-refractivity contribution in [2.24, 2.45) is 5.92 Å². The number of nitrogens with zero attached hydrogens (tertiary/aromatic N) is 2. The molecule has 0 bridgehead atoms. The molecule has 31 heavy (non-hydrogen) atoms. The van der Waals surface area contributed by atoms with E-state index in [9.17, 15) is 4.79 Å². The lowest BCUT2D eigenvalue weighted by molar-refractivity contribution is 0.0933. The summed E-state index contributed by atoms with van der Waals surface area (Å²) in [4.78, 5) is 12.5. The Bertz CT molecular complexity index is 1240. The van der Waals surface area contributed by atoms with Crippen LogP contribution in [0.2, 0.25) is 5.02 Å². The fourth-order valence-corrected chi connectivity index (χ4v) is 4.26. The normalized spacial score (nSPS) is 14.0. The molecule has 0 spiro atoms. The number of hydrogen-bond acceptors (Lipinski definition) is 3. The SMILES string of the molecule is Cc1cc(C(=O)NCC2CCC2)nn1Cc1cc(Cl)cc2cc(-c3ccccc3)oc12. The number of halogens is 1. The number of benzene rings is 2. The molecule has 0 unspecified atom stereocenters. The summed E-state index contributed by atoms with van der Waals surface area (Å²) in [6.07, 6.45) is 3.67. The second-order valence-corrected chi connectivity index (χ2v) is 8.73. The van der Waals surface area contributed by atoms with E-state index in [4.69, 9.17) is 16.0 Å². The minimum Gasteiger partial charge on any atom is -0.456 e. The van der Waals surface area contributed by atoms with E-state index >= 15 is 0 Å². The van der Waals surface area contributed by atoms with E-state index in [2.05, 4.69) is 10.4 Å². The lowest BCUT2D eigenvalue weighted by Crippen LogP contribution is -2.32. The fourth-order valence-electron chi connectivity index (χ4n) is 4.01. The van der Waals surface area contributed by atoms with Crippen molar-refractivity contribution in [1.82, 2.24) is 15.1 Å². The highest BCUT2D eigenvalue weighted by atomic mass is 35.5. The number of fused-ring (bicyclic) bond motifs is 1. The van der Waals surface area contributed by atoms with E-state index < -0.39 is 0 Å². The molecule has 2 aromatic carbocycles. The van der Waals surface area contributed by atoms with Gasteiger partial charge in [0.2, 0.25) is 0 Å². The van der Waals surface area contributed by atoms with Crippen LogP contribution in [-0.4, -0.2) is 22.2 Å². The lowest BCUT2D eigenvalue weighted by Gasteiger charge is -2.25. The first-order valence-corrected chi connectivity index (χ1v) is 11.0. The van der Waals surface area contributed by atoms with Crippen LogP contribution in [0.5, 0.6) is 0 Å². The Kier molecular flexibility index (Phi) is 5.28. The Balaban J connectivity index is 1.41. The first-order valence-electron chi connectivity index (χ1n) is 10.7. The molecule has 5 nitrogen and oxygen atoms in total. The second-order valence-electron chi connectivity index (χ2n) is 8.30. The molecule has 158 valence electrons. The third-order valence-corrected chi connectivity index (χ3v) is 6.24. The van der Waals surface area contributed by atoms with Crippen molar-refractivity contribution in [2.75, 3.05) is 6.54 Å². The molecule has 1 N–H and O–H groups in total. The highest BCUT2D eigenvalue weighted by Crippen LogP contribution is 2.32. The minimum atomic E-state index is -0.116. The fraction of sp³-hybridized carbons (Fsp3) is 0.280. The molecule has 1 aliphatic carbocycles. The summed E-state index contributed by atoms with van der Waals surface area (Å²) in [5.74, 6) is 1.30. The molecule has 1 fully saturated rings. The van der Waals surface area contributed by atoms with Crippen molar-refractivity contribution < 1.29 is 9.21 Å². The van der Waals surface area contributed by atoms with Crippen LogP contribution in [0, 0.1) is 12.8 Å². The minimum absolute atomic E-state index is 0.116. The molecule has 0 atom stereocenters. The molecular weight excluding hydrogens is 410 g/mol. The van der Waals surface area contributed by atoms with Gasteiger partial charge < -0.3 is 9.73 Å². The molecule has 1 amide bonds. The summed E-state index contributed by atoms with van der Waals surface area (Å²) in [5, 5.41) is 9.15. The Labute approximate surface area is 186 Å². The molecule has 5 rings (SSSR count). The largest absolute Gasteiger partial charge is 0.456 e. The van der Waals surface area contributed by atoms with Gasteiger partial charge in [0.25, 0.3) is 5.91 Å². The number of nitrogens with one attached hydrogen (secondary N) is 1. The van der Waals surface area contributed by atoms with Gasteiger partial charge in [-0.25, -0.2) is 0 Å². The molecule has 6 heteroatoms. The highest BCUT2D eigenvalue weighted by Gasteiger charge is 2.20. The smallest absolute Gasteiger partial charge is 0.271 e. The first-order chi connectivity index (χ1) is 15.1. The van der Waals surface area contributed by atoms with E-state index in [1.54, 1.807) is 0 Å². The van der Waals surface area contributed by atoms with E-state index in [0.29, 0.717) is 23.2 Å². The summed E-state index contributed by atoms with van der Waals surface area (Å²) in [7, 11) is 0. The van der Waals surface area contributed by atoms with Crippen LogP contribution in [-0.2, 0) is 6.54 Å². The van der Waals surface area contributed by atoms with E-state index in [0.717, 1.165) is 40.1 Å². The zero-order valence-electron chi connectivity index (χ0n) is 17.4. The van der Waals surface area contributed by atoms with Crippen LogP contribution in [0.25, 0.3) is 22.3 Å². The van der Waals surface area contributed by atoms with Crippen molar-refractivity contribution in [3.05, 3.63) is 76.6 Å². The molecule has 2 heterocycles. The Morgan fingerprint density at radius 2 is 2.00 bits per heavy atom. The maximum atomic E-state index is 12.5. The lowest BCUT2D eigenvalue weighted by atomic mass is 9.85. The van der Waals surface area contributed by atoms with Crippen molar-refractivity contribution in [2.45, 2.75) is 32.7 Å². The number of furan rings is 1. The van der Waals surface area contributed by atoms with Crippen LogP contribution < -0.4 is 5.32 Å². The quantitative estimate of drug-likeness (QED) is 0.415. The summed E-state index contributed by atoms with van der Waals surface area (Å²) in [6.45, 7) is 3.16. The van der Waals surface area contributed by atoms with Crippen LogP contribution in [0.1, 0.15) is 41.0 Å². The Morgan fingerprint density at radius 3 is 2.74 bits per heavy atom. The van der Waals surface area contributed by atoms with Gasteiger partial charge in [0.1, 0.15) is 17.0 Å². The second kappa shape index (κ2) is 8.23. The number of hydrogen-bond donors (Lipinski definition) is 1. The van der Waals surface area contributed by atoms with Gasteiger partial charge in [-0.15, -0.1) is 0 Å². The summed E-state index contributed by atoms with van der Waals surface area (Å²) < 4.78 is 8.04. The molecule has 0 radical (unpaired) electrons. The van der Waals surface area contributed by atoms with Gasteiger partial charge in [-0.1, -0.05) is 48.4 Å². The summed E-state index contributed by atoms with van der Waals surface area (Å²) >= 11 is 6.40. The number of aromatic nitrogens is 2. The van der Waals surface area contributed by atoms with Gasteiger partial charge in [0, 0.05) is 33.8 Å². The Hall–Kier alpha value is -3.05. The maximum absolute atomic E-state index is 12.5. The van der Waals surface area contributed by atoms with Gasteiger partial charge in [-0.2, -0.15) is 5.10 Å². The molecular formula is C25H24ClN3O2. The summed E-state index contributed by atoms with van der Waals surface area (Å²) in [5.41, 5.74) is 4.09. The summed E-state index contributed by atoms with van der Waals surface area (Å²) in [6, 6.07) is 17.6. The maximum Gasteiger partial charge on any atom is 0.271 e. The number of rotatable bonds is 6. The van der Waals surface area contributed by atoms with E-state index in [1.807, 2.05) is 66.2 Å². The van der Waals surface area contributed by atoms with Crippen molar-refractivity contribution in [3.63, 3.8) is 0 Å². The zero-order chi connectivity index (χ0) is 21.4. The number of carbonyl (C=O) groups excluding carboxylic acids is 1. The number of aryl methyl sites for hydroxylation is 1. The van der Waals surface area contributed by atoms with Gasteiger partial charge in [-0.05, 0) is 49.9 Å². The molecule has 4 aromatic rings. The van der Waals surface area contributed by atoms with E-state index in [1.165, 1.54) is 19.3 Å². The monoisotopic (exact) mass is 433 g/mol. The topological polar surface area (TPSA) is 60.1 Å². The number of amides is 1. The average Bonchev–Trinajstić information content (AvgIpc) is 3.31. The predicted octanol–water partition coefficient (Wildman–Crippen LogP) is 5.84. The van der Waals surface area contributed by atoms with Crippen LogP contribution in [0.4, 0.5) is 0 Å². The molecule has 0 aliphatic heterocycles. The van der Waals surface area contributed by atoms with Crippen LogP contribution in [0.15, 0.2) is 59.0 Å². The first kappa shape index (κ1) is 19.9. The third kappa shape index (κ3) is 4.10. The Morgan fingerprint density at radius 1 is 1.19 bits per heavy atom. The van der Waals surface area contributed by atoms with Gasteiger partial charge in [0.15, 0.2) is 0 Å². The van der Waals surface area contributed by atoms with Crippen molar-refractivity contribution >= 4 is 28.5 Å². The van der Waals surface area contributed by atoms with Gasteiger partial charge in [0.05, 0.1) is 6.54 Å². The molecule has 1 aliphatic rings. The zero-order valence-corrected chi connectivity index (χ0v) is 18.2. The van der Waals surface area contributed by atoms with Crippen molar-refractivity contribution in [3.8, 4) is 11.3 Å². The van der Waals surface area contributed by atoms with Crippen LogP contribution >= 0.6 is 11.6 Å². The highest BCUT2D eigenvalue weighted by molar-refractivity contribution is 6.31. The average molecular weight is 434 g/mol. The van der Waals surface area contributed by atoms with E-state index in [-0.39, 0.29) is 5.91 Å². The third-order valence-electron chi connectivity index (χ3n) is 6.03. The molecule has 2 aromatic heterocycles. The number of carbonyl (C=O) groups is 1. The molecule has 1 saturated carbocycles. The van der Waals surface area contributed by atoms with Gasteiger partial charge >= 0.3 is 0 Å². The molecule has 0 saturated heterocycles. The van der Waals surface area contributed by atoms with Gasteiger partial charge in [-0.3, -0.25) is 9.48 Å².